The zero-order chi connectivity index (χ0) is 22.7. The number of nitrogens with one attached hydrogen (secondary N) is 3. The fraction of sp³-hybridized carbons (Fsp3) is 0.217. The van der Waals surface area contributed by atoms with E-state index in [1.165, 1.54) is 11.8 Å². The highest BCUT2D eigenvalue weighted by Crippen LogP contribution is 2.34. The third-order valence-corrected chi connectivity index (χ3v) is 6.09. The molecule has 4 rings (SSSR count). The van der Waals surface area contributed by atoms with Crippen molar-refractivity contribution in [1.29, 1.82) is 0 Å². The van der Waals surface area contributed by atoms with E-state index in [2.05, 4.69) is 25.8 Å². The highest BCUT2D eigenvalue weighted by molar-refractivity contribution is 8.00. The molecule has 0 aliphatic rings. The lowest BCUT2D eigenvalue weighted by atomic mass is 10.1. The molecule has 0 aliphatic carbocycles. The van der Waals surface area contributed by atoms with Crippen molar-refractivity contribution in [2.45, 2.75) is 31.2 Å². The number of H-pyrrole nitrogens is 1. The Morgan fingerprint density at radius 3 is 2.66 bits per heavy atom. The van der Waals surface area contributed by atoms with Gasteiger partial charge in [-0.3, -0.25) is 14.7 Å². The molecule has 9 heteroatoms. The monoisotopic (exact) mass is 448 g/mol. The number of nitrogens with zero attached hydrogens (tertiary/aromatic N) is 3. The van der Waals surface area contributed by atoms with Gasteiger partial charge in [-0.05, 0) is 38.5 Å². The highest BCUT2D eigenvalue weighted by atomic mass is 32.2. The molecule has 2 aromatic carbocycles. The third-order valence-electron chi connectivity index (χ3n) is 5.05. The molecule has 0 aliphatic heterocycles. The van der Waals surface area contributed by atoms with Crippen LogP contribution in [0.15, 0.2) is 59.9 Å². The van der Waals surface area contributed by atoms with Gasteiger partial charge in [-0.1, -0.05) is 48.2 Å². The molecule has 4 aromatic rings. The molecular weight excluding hydrogens is 424 g/mol. The van der Waals surface area contributed by atoms with E-state index in [4.69, 9.17) is 0 Å². The predicted molar refractivity (Wildman–Crippen MR) is 126 cm³/mol. The van der Waals surface area contributed by atoms with Crippen LogP contribution in [0.2, 0.25) is 0 Å². The maximum atomic E-state index is 12.5. The minimum atomic E-state index is -0.555. The van der Waals surface area contributed by atoms with Crippen molar-refractivity contribution in [2.75, 3.05) is 6.54 Å². The van der Waals surface area contributed by atoms with Gasteiger partial charge in [0.05, 0.1) is 10.9 Å². The first kappa shape index (κ1) is 21.6. The van der Waals surface area contributed by atoms with E-state index in [1.54, 1.807) is 13.8 Å². The summed E-state index contributed by atoms with van der Waals surface area (Å²) in [7, 11) is 0. The Hall–Kier alpha value is -3.59. The molecule has 32 heavy (non-hydrogen) atoms. The second-order valence-electron chi connectivity index (χ2n) is 7.28. The Kier molecular flexibility index (Phi) is 6.27. The number of rotatable bonds is 6. The topological polar surface area (TPSA) is 105 Å². The van der Waals surface area contributed by atoms with Crippen LogP contribution in [0, 0.1) is 6.92 Å². The largest absolute Gasteiger partial charge is 0.360 e. The Labute approximate surface area is 189 Å². The number of hydrogen-bond donors (Lipinski definition) is 3. The summed E-state index contributed by atoms with van der Waals surface area (Å²) in [4.78, 5) is 27.5. The Balaban J connectivity index is 1.75. The molecule has 3 amide bonds. The normalized spacial score (nSPS) is 12.0. The van der Waals surface area contributed by atoms with Crippen LogP contribution in [0.3, 0.4) is 0 Å². The van der Waals surface area contributed by atoms with E-state index < -0.39 is 17.2 Å². The first-order valence-corrected chi connectivity index (χ1v) is 11.2. The van der Waals surface area contributed by atoms with Gasteiger partial charge in [-0.15, -0.1) is 10.2 Å². The van der Waals surface area contributed by atoms with Crippen molar-refractivity contribution < 1.29 is 9.59 Å². The van der Waals surface area contributed by atoms with Crippen LogP contribution in [0.5, 0.6) is 0 Å². The molecule has 1 unspecified atom stereocenters. The second kappa shape index (κ2) is 9.27. The van der Waals surface area contributed by atoms with Crippen molar-refractivity contribution in [3.8, 4) is 17.1 Å². The van der Waals surface area contributed by atoms with Crippen molar-refractivity contribution >= 4 is 34.6 Å². The van der Waals surface area contributed by atoms with Gasteiger partial charge in [0.2, 0.25) is 5.91 Å². The number of aromatic amines is 1. The van der Waals surface area contributed by atoms with Crippen molar-refractivity contribution in [3.63, 3.8) is 0 Å². The van der Waals surface area contributed by atoms with E-state index in [-0.39, 0.29) is 0 Å². The molecular formula is C23H24N6O2S. The van der Waals surface area contributed by atoms with Gasteiger partial charge in [0.25, 0.3) is 0 Å². The minimum Gasteiger partial charge on any atom is -0.360 e. The molecule has 0 saturated carbocycles. The van der Waals surface area contributed by atoms with Gasteiger partial charge >= 0.3 is 6.03 Å². The molecule has 8 nitrogen and oxygen atoms in total. The summed E-state index contributed by atoms with van der Waals surface area (Å²) in [6.07, 6.45) is 1.92. The van der Waals surface area contributed by atoms with Crippen LogP contribution in [-0.4, -0.2) is 43.5 Å². The predicted octanol–water partition coefficient (Wildman–Crippen LogP) is 4.05. The van der Waals surface area contributed by atoms with E-state index >= 15 is 0 Å². The number of para-hydroxylation sites is 2. The quantitative estimate of drug-likeness (QED) is 0.386. The highest BCUT2D eigenvalue weighted by Gasteiger charge is 2.24. The van der Waals surface area contributed by atoms with Crippen LogP contribution in [-0.2, 0) is 4.79 Å². The van der Waals surface area contributed by atoms with E-state index in [0.29, 0.717) is 17.5 Å². The number of aromatic nitrogens is 4. The summed E-state index contributed by atoms with van der Waals surface area (Å²) in [5.74, 6) is 0.282. The molecule has 0 saturated heterocycles. The maximum Gasteiger partial charge on any atom is 0.321 e. The lowest BCUT2D eigenvalue weighted by Crippen LogP contribution is -2.42. The van der Waals surface area contributed by atoms with Crippen LogP contribution in [0.1, 0.15) is 19.4 Å². The zero-order valence-corrected chi connectivity index (χ0v) is 18.9. The summed E-state index contributed by atoms with van der Waals surface area (Å²) < 4.78 is 1.96. The number of carbonyl (C=O) groups is 2. The van der Waals surface area contributed by atoms with Gasteiger partial charge in [-0.2, -0.15) is 0 Å². The Bertz CT molecular complexity index is 1280. The average Bonchev–Trinajstić information content (AvgIpc) is 3.38. The van der Waals surface area contributed by atoms with Gasteiger partial charge in [0, 0.05) is 29.2 Å². The molecule has 0 radical (unpaired) electrons. The standard InChI is InChI=1S/C23H24N6O2S/c1-4-24-22(31)26-21(30)15(3)32-23-28-27-20(29(23)19-12-8-5-9-14(19)2)17-13-25-18-11-7-6-10-16(17)18/h5-13,15,25H,4H2,1-3H3,(H2,24,26,30,31). The number of thioether (sulfide) groups is 1. The molecule has 0 fully saturated rings. The summed E-state index contributed by atoms with van der Waals surface area (Å²) in [6.45, 7) is 5.99. The second-order valence-corrected chi connectivity index (χ2v) is 8.59. The molecule has 3 N–H and O–H groups in total. The van der Waals surface area contributed by atoms with Gasteiger partial charge < -0.3 is 10.3 Å². The number of urea groups is 1. The molecule has 164 valence electrons. The molecule has 0 bridgehead atoms. The maximum absolute atomic E-state index is 12.5. The minimum absolute atomic E-state index is 0.395. The number of aryl methyl sites for hydroxylation is 1. The van der Waals surface area contributed by atoms with Crippen LogP contribution >= 0.6 is 11.8 Å². The van der Waals surface area contributed by atoms with E-state index in [1.807, 2.05) is 66.2 Å². The fourth-order valence-electron chi connectivity index (χ4n) is 3.44. The summed E-state index contributed by atoms with van der Waals surface area (Å²) >= 11 is 1.25. The van der Waals surface area contributed by atoms with Crippen LogP contribution < -0.4 is 10.6 Å². The molecule has 1 atom stereocenters. The summed E-state index contributed by atoms with van der Waals surface area (Å²) in [6, 6.07) is 15.5. The number of amides is 3. The lowest BCUT2D eigenvalue weighted by Gasteiger charge is -2.15. The number of carbonyl (C=O) groups excluding carboxylic acids is 2. The average molecular weight is 449 g/mol. The Morgan fingerprint density at radius 2 is 1.88 bits per heavy atom. The number of imide groups is 1. The molecule has 0 spiro atoms. The van der Waals surface area contributed by atoms with Crippen LogP contribution in [0.4, 0.5) is 4.79 Å². The van der Waals surface area contributed by atoms with E-state index in [0.717, 1.165) is 27.7 Å². The number of hydrogen-bond acceptors (Lipinski definition) is 5. The van der Waals surface area contributed by atoms with E-state index in [9.17, 15) is 9.59 Å². The zero-order valence-electron chi connectivity index (χ0n) is 18.0. The third kappa shape index (κ3) is 4.24. The number of benzene rings is 2. The summed E-state index contributed by atoms with van der Waals surface area (Å²) in [5, 5.41) is 14.9. The van der Waals surface area contributed by atoms with Gasteiger partial charge in [-0.25, -0.2) is 4.79 Å². The summed E-state index contributed by atoms with van der Waals surface area (Å²) in [5.41, 5.74) is 3.90. The lowest BCUT2D eigenvalue weighted by molar-refractivity contribution is -0.119. The van der Waals surface area contributed by atoms with Crippen LogP contribution in [0.25, 0.3) is 28.0 Å². The fourth-order valence-corrected chi connectivity index (χ4v) is 4.30. The van der Waals surface area contributed by atoms with Crippen molar-refractivity contribution in [3.05, 3.63) is 60.3 Å². The molecule has 2 heterocycles. The smallest absolute Gasteiger partial charge is 0.321 e. The van der Waals surface area contributed by atoms with Gasteiger partial charge in [0.1, 0.15) is 0 Å². The molecule has 2 aromatic heterocycles. The van der Waals surface area contributed by atoms with Crippen molar-refractivity contribution in [1.82, 2.24) is 30.4 Å². The van der Waals surface area contributed by atoms with Gasteiger partial charge in [0.15, 0.2) is 11.0 Å². The SMILES string of the molecule is CCNC(=O)NC(=O)C(C)Sc1nnc(-c2c[nH]c3ccccc23)n1-c1ccccc1C. The first-order chi connectivity index (χ1) is 15.5. The Morgan fingerprint density at radius 1 is 1.12 bits per heavy atom. The first-order valence-electron chi connectivity index (χ1n) is 10.3. The van der Waals surface area contributed by atoms with Crippen molar-refractivity contribution in [2.24, 2.45) is 0 Å². The number of fused-ring (bicyclic) bond motifs is 1.